The Bertz CT molecular complexity index is 651. The fourth-order valence-electron chi connectivity index (χ4n) is 2.64. The lowest BCUT2D eigenvalue weighted by Gasteiger charge is -2.22. The van der Waals surface area contributed by atoms with Crippen LogP contribution < -0.4 is 5.32 Å². The van der Waals surface area contributed by atoms with E-state index in [0.29, 0.717) is 23.4 Å². The normalized spacial score (nSPS) is 15.6. The second kappa shape index (κ2) is 5.96. The molecule has 1 saturated carbocycles. The van der Waals surface area contributed by atoms with Crippen LogP contribution in [0.3, 0.4) is 0 Å². The molecule has 3 rings (SSSR count). The summed E-state index contributed by atoms with van der Waals surface area (Å²) in [5, 5.41) is 12.5. The van der Waals surface area contributed by atoms with E-state index in [-0.39, 0.29) is 11.5 Å². The molecule has 1 aliphatic rings. The maximum absolute atomic E-state index is 12.9. The van der Waals surface area contributed by atoms with Crippen molar-refractivity contribution in [2.24, 2.45) is 0 Å². The first-order valence-corrected chi connectivity index (χ1v) is 7.19. The molecule has 1 N–H and O–H groups in total. The standard InChI is InChI=1S/C16H16FN3O/c17-12-8-6-11(7-9-12)15-20-14(10-18)16(21-15)19-13-4-2-1-3-5-13/h6-9,13,19H,1-5H2. The van der Waals surface area contributed by atoms with Crippen molar-refractivity contribution in [2.45, 2.75) is 38.1 Å². The van der Waals surface area contributed by atoms with Crippen molar-refractivity contribution in [1.29, 1.82) is 5.26 Å². The summed E-state index contributed by atoms with van der Waals surface area (Å²) in [6.45, 7) is 0. The number of nitrogens with zero attached hydrogens (tertiary/aromatic N) is 2. The molecule has 1 heterocycles. The highest BCUT2D eigenvalue weighted by atomic mass is 19.1. The topological polar surface area (TPSA) is 61.9 Å². The molecule has 0 spiro atoms. The molecular formula is C16H16FN3O. The Morgan fingerprint density at radius 2 is 1.90 bits per heavy atom. The third kappa shape index (κ3) is 3.05. The molecule has 1 aromatic carbocycles. The molecule has 0 amide bonds. The van der Waals surface area contributed by atoms with Crippen LogP contribution in [0.25, 0.3) is 11.5 Å². The van der Waals surface area contributed by atoms with E-state index in [0.717, 1.165) is 12.8 Å². The summed E-state index contributed by atoms with van der Waals surface area (Å²) < 4.78 is 18.6. The lowest BCUT2D eigenvalue weighted by Crippen LogP contribution is -2.22. The average molecular weight is 285 g/mol. The van der Waals surface area contributed by atoms with Gasteiger partial charge in [-0.2, -0.15) is 10.2 Å². The van der Waals surface area contributed by atoms with Crippen LogP contribution in [0, 0.1) is 17.1 Å². The number of rotatable bonds is 3. The van der Waals surface area contributed by atoms with Crippen LogP contribution in [-0.2, 0) is 0 Å². The second-order valence-corrected chi connectivity index (χ2v) is 5.29. The summed E-state index contributed by atoms with van der Waals surface area (Å²) in [4.78, 5) is 4.18. The van der Waals surface area contributed by atoms with Crippen molar-refractivity contribution in [1.82, 2.24) is 4.98 Å². The molecular weight excluding hydrogens is 269 g/mol. The lowest BCUT2D eigenvalue weighted by molar-refractivity contribution is 0.451. The van der Waals surface area contributed by atoms with Crippen molar-refractivity contribution in [3.63, 3.8) is 0 Å². The van der Waals surface area contributed by atoms with Gasteiger partial charge in [0.2, 0.25) is 17.5 Å². The van der Waals surface area contributed by atoms with E-state index in [1.54, 1.807) is 12.1 Å². The highest BCUT2D eigenvalue weighted by Gasteiger charge is 2.19. The summed E-state index contributed by atoms with van der Waals surface area (Å²) in [5.74, 6) is 0.444. The summed E-state index contributed by atoms with van der Waals surface area (Å²) in [6.07, 6.45) is 5.81. The molecule has 0 aliphatic heterocycles. The van der Waals surface area contributed by atoms with Gasteiger partial charge in [0.1, 0.15) is 11.9 Å². The number of oxazole rings is 1. The first kappa shape index (κ1) is 13.6. The van der Waals surface area contributed by atoms with Crippen molar-refractivity contribution in [3.05, 3.63) is 35.8 Å². The van der Waals surface area contributed by atoms with Crippen LogP contribution in [0.5, 0.6) is 0 Å². The number of halogens is 1. The van der Waals surface area contributed by atoms with Crippen molar-refractivity contribution in [2.75, 3.05) is 5.32 Å². The number of aromatic nitrogens is 1. The fraction of sp³-hybridized carbons (Fsp3) is 0.375. The SMILES string of the molecule is N#Cc1nc(-c2ccc(F)cc2)oc1NC1CCCCC1. The van der Waals surface area contributed by atoms with Crippen LogP contribution in [0.2, 0.25) is 0 Å². The smallest absolute Gasteiger partial charge is 0.232 e. The Morgan fingerprint density at radius 3 is 2.57 bits per heavy atom. The first-order chi connectivity index (χ1) is 10.3. The minimum absolute atomic E-state index is 0.250. The Morgan fingerprint density at radius 1 is 1.19 bits per heavy atom. The molecule has 5 heteroatoms. The molecule has 0 radical (unpaired) electrons. The molecule has 0 saturated heterocycles. The van der Waals surface area contributed by atoms with Gasteiger partial charge in [0.25, 0.3) is 0 Å². The van der Waals surface area contributed by atoms with Crippen LogP contribution in [0.15, 0.2) is 28.7 Å². The van der Waals surface area contributed by atoms with Crippen LogP contribution in [-0.4, -0.2) is 11.0 Å². The molecule has 4 nitrogen and oxygen atoms in total. The summed E-state index contributed by atoms with van der Waals surface area (Å²) in [5.41, 5.74) is 0.907. The van der Waals surface area contributed by atoms with E-state index in [1.807, 2.05) is 6.07 Å². The zero-order chi connectivity index (χ0) is 14.7. The molecule has 0 unspecified atom stereocenters. The summed E-state index contributed by atoms with van der Waals surface area (Å²) in [6, 6.07) is 8.25. The van der Waals surface area contributed by atoms with Gasteiger partial charge >= 0.3 is 0 Å². The van der Waals surface area contributed by atoms with E-state index in [9.17, 15) is 9.65 Å². The van der Waals surface area contributed by atoms with Crippen molar-refractivity contribution >= 4 is 5.88 Å². The predicted octanol–water partition coefficient (Wildman–Crippen LogP) is 4.10. The molecule has 0 atom stereocenters. The minimum Gasteiger partial charge on any atom is -0.419 e. The first-order valence-electron chi connectivity index (χ1n) is 7.19. The van der Waals surface area contributed by atoms with E-state index in [2.05, 4.69) is 10.3 Å². The van der Waals surface area contributed by atoms with Crippen molar-refractivity contribution < 1.29 is 8.81 Å². The average Bonchev–Trinajstić information content (AvgIpc) is 2.92. The van der Waals surface area contributed by atoms with E-state index in [4.69, 9.17) is 4.42 Å². The van der Waals surface area contributed by atoms with Gasteiger partial charge in [-0.25, -0.2) is 4.39 Å². The summed E-state index contributed by atoms with van der Waals surface area (Å²) >= 11 is 0. The zero-order valence-corrected chi connectivity index (χ0v) is 11.6. The van der Waals surface area contributed by atoms with Gasteiger partial charge in [0, 0.05) is 11.6 Å². The second-order valence-electron chi connectivity index (χ2n) is 5.29. The van der Waals surface area contributed by atoms with Gasteiger partial charge < -0.3 is 9.73 Å². The third-order valence-electron chi connectivity index (χ3n) is 3.76. The number of benzene rings is 1. The van der Waals surface area contributed by atoms with Gasteiger partial charge in [-0.3, -0.25) is 0 Å². The minimum atomic E-state index is -0.314. The zero-order valence-electron chi connectivity index (χ0n) is 11.6. The van der Waals surface area contributed by atoms with Gasteiger partial charge in [0.15, 0.2) is 0 Å². The highest BCUT2D eigenvalue weighted by Crippen LogP contribution is 2.28. The Hall–Kier alpha value is -2.35. The Kier molecular flexibility index (Phi) is 3.87. The number of hydrogen-bond acceptors (Lipinski definition) is 4. The molecule has 1 fully saturated rings. The Balaban J connectivity index is 1.84. The Labute approximate surface area is 122 Å². The molecule has 2 aromatic rings. The summed E-state index contributed by atoms with van der Waals surface area (Å²) in [7, 11) is 0. The van der Waals surface area contributed by atoms with Gasteiger partial charge in [-0.05, 0) is 37.1 Å². The largest absolute Gasteiger partial charge is 0.419 e. The number of hydrogen-bond donors (Lipinski definition) is 1. The monoisotopic (exact) mass is 285 g/mol. The van der Waals surface area contributed by atoms with Crippen LogP contribution in [0.1, 0.15) is 37.8 Å². The van der Waals surface area contributed by atoms with Crippen molar-refractivity contribution in [3.8, 4) is 17.5 Å². The maximum atomic E-state index is 12.9. The molecule has 1 aromatic heterocycles. The van der Waals surface area contributed by atoms with Gasteiger partial charge in [-0.15, -0.1) is 0 Å². The number of anilines is 1. The molecule has 1 aliphatic carbocycles. The quantitative estimate of drug-likeness (QED) is 0.922. The molecule has 108 valence electrons. The fourth-order valence-corrected chi connectivity index (χ4v) is 2.64. The predicted molar refractivity (Wildman–Crippen MR) is 77.1 cm³/mol. The van der Waals surface area contributed by atoms with E-state index in [1.165, 1.54) is 31.4 Å². The van der Waals surface area contributed by atoms with Gasteiger partial charge in [0.05, 0.1) is 0 Å². The van der Waals surface area contributed by atoms with Crippen LogP contribution >= 0.6 is 0 Å². The van der Waals surface area contributed by atoms with E-state index < -0.39 is 0 Å². The maximum Gasteiger partial charge on any atom is 0.232 e. The highest BCUT2D eigenvalue weighted by molar-refractivity contribution is 5.58. The molecule has 0 bridgehead atoms. The number of nitriles is 1. The lowest BCUT2D eigenvalue weighted by atomic mass is 9.95. The third-order valence-corrected chi connectivity index (χ3v) is 3.76. The number of nitrogens with one attached hydrogen (secondary N) is 1. The van der Waals surface area contributed by atoms with Gasteiger partial charge in [-0.1, -0.05) is 19.3 Å². The van der Waals surface area contributed by atoms with E-state index >= 15 is 0 Å². The molecule has 21 heavy (non-hydrogen) atoms. The van der Waals surface area contributed by atoms with Crippen LogP contribution in [0.4, 0.5) is 10.3 Å².